The number of nitrogens with one attached hydrogen (secondary N) is 1. The maximum absolute atomic E-state index is 12.6. The maximum atomic E-state index is 12.6. The highest BCUT2D eigenvalue weighted by Crippen LogP contribution is 2.30. The zero-order chi connectivity index (χ0) is 18.1. The molecule has 0 radical (unpaired) electrons. The fraction of sp³-hybridized carbons (Fsp3) is 0.524. The lowest BCUT2D eigenvalue weighted by atomic mass is 9.96. The van der Waals surface area contributed by atoms with E-state index in [0.717, 1.165) is 24.0 Å². The molecule has 138 valence electrons. The van der Waals surface area contributed by atoms with Crippen LogP contribution in [0.4, 0.5) is 0 Å². The second-order valence-electron chi connectivity index (χ2n) is 7.82. The molecule has 0 atom stereocenters. The summed E-state index contributed by atoms with van der Waals surface area (Å²) in [5.41, 5.74) is 3.73. The first kappa shape index (κ1) is 17.3. The van der Waals surface area contributed by atoms with Crippen LogP contribution in [0.5, 0.6) is 0 Å². The molecule has 2 aliphatic rings. The van der Waals surface area contributed by atoms with E-state index in [0.29, 0.717) is 11.5 Å². The first-order valence-corrected chi connectivity index (χ1v) is 9.76. The van der Waals surface area contributed by atoms with E-state index in [9.17, 15) is 4.79 Å². The Hall–Kier alpha value is -2.14. The molecule has 1 aliphatic carbocycles. The van der Waals surface area contributed by atoms with Gasteiger partial charge in [0.1, 0.15) is 0 Å². The molecule has 2 fully saturated rings. The number of aromatic nitrogens is 2. The van der Waals surface area contributed by atoms with Crippen molar-refractivity contribution >= 4 is 5.91 Å². The van der Waals surface area contributed by atoms with Crippen molar-refractivity contribution in [2.75, 3.05) is 19.6 Å². The average molecular weight is 352 g/mol. The topological polar surface area (TPSA) is 50.2 Å². The zero-order valence-corrected chi connectivity index (χ0v) is 15.7. The number of carbonyl (C=O) groups is 1. The third-order valence-corrected chi connectivity index (χ3v) is 5.76. The monoisotopic (exact) mass is 352 g/mol. The SMILES string of the molecule is Cc1cccc(-n2ncc(C(=O)NCC3CCN(C4CC4)CC3)c2C)c1. The Labute approximate surface area is 155 Å². The summed E-state index contributed by atoms with van der Waals surface area (Å²) in [5, 5.41) is 7.56. The third kappa shape index (κ3) is 3.68. The van der Waals surface area contributed by atoms with Gasteiger partial charge in [-0.05, 0) is 76.2 Å². The van der Waals surface area contributed by atoms with Gasteiger partial charge in [0.25, 0.3) is 5.91 Å². The van der Waals surface area contributed by atoms with E-state index < -0.39 is 0 Å². The highest BCUT2D eigenvalue weighted by molar-refractivity contribution is 5.95. The first-order valence-electron chi connectivity index (χ1n) is 9.76. The lowest BCUT2D eigenvalue weighted by Gasteiger charge is -2.32. The molecule has 1 aromatic carbocycles. The molecule has 1 N–H and O–H groups in total. The van der Waals surface area contributed by atoms with Crippen molar-refractivity contribution < 1.29 is 4.79 Å². The van der Waals surface area contributed by atoms with Crippen LogP contribution in [0.25, 0.3) is 5.69 Å². The van der Waals surface area contributed by atoms with Gasteiger partial charge in [-0.1, -0.05) is 12.1 Å². The predicted molar refractivity (Wildman–Crippen MR) is 103 cm³/mol. The van der Waals surface area contributed by atoms with Crippen LogP contribution in [0, 0.1) is 19.8 Å². The van der Waals surface area contributed by atoms with Crippen molar-refractivity contribution in [2.45, 2.75) is 45.6 Å². The standard InChI is InChI=1S/C21H28N4O/c1-15-4-3-5-19(12-15)25-16(2)20(14-23-25)21(26)22-13-17-8-10-24(11-9-17)18-6-7-18/h3-5,12,14,17-18H,6-11,13H2,1-2H3,(H,22,26). The predicted octanol–water partition coefficient (Wildman–Crippen LogP) is 3.09. The van der Waals surface area contributed by atoms with Gasteiger partial charge in [0.15, 0.2) is 0 Å². The summed E-state index contributed by atoms with van der Waals surface area (Å²) < 4.78 is 1.84. The van der Waals surface area contributed by atoms with Crippen molar-refractivity contribution in [1.82, 2.24) is 20.0 Å². The molecule has 1 saturated carbocycles. The number of rotatable bonds is 5. The van der Waals surface area contributed by atoms with Gasteiger partial charge in [0.05, 0.1) is 23.1 Å². The Balaban J connectivity index is 1.35. The minimum Gasteiger partial charge on any atom is -0.352 e. The van der Waals surface area contributed by atoms with E-state index in [4.69, 9.17) is 0 Å². The second kappa shape index (κ2) is 7.23. The van der Waals surface area contributed by atoms with E-state index in [2.05, 4.69) is 34.4 Å². The average Bonchev–Trinajstić information content (AvgIpc) is 3.42. The van der Waals surface area contributed by atoms with Crippen LogP contribution in [-0.2, 0) is 0 Å². The lowest BCUT2D eigenvalue weighted by molar-refractivity contribution is 0.0934. The minimum absolute atomic E-state index is 0.00831. The van der Waals surface area contributed by atoms with Gasteiger partial charge in [-0.3, -0.25) is 4.79 Å². The highest BCUT2D eigenvalue weighted by atomic mass is 16.1. The van der Waals surface area contributed by atoms with E-state index >= 15 is 0 Å². The molecular formula is C21H28N4O. The molecule has 26 heavy (non-hydrogen) atoms. The third-order valence-electron chi connectivity index (χ3n) is 5.76. The minimum atomic E-state index is -0.00831. The number of nitrogens with zero attached hydrogens (tertiary/aromatic N) is 3. The van der Waals surface area contributed by atoms with Crippen LogP contribution < -0.4 is 5.32 Å². The molecule has 0 bridgehead atoms. The summed E-state index contributed by atoms with van der Waals surface area (Å²) in [6.45, 7) is 7.17. The van der Waals surface area contributed by atoms with Gasteiger partial charge in [-0.2, -0.15) is 5.10 Å². The molecule has 1 aromatic heterocycles. The molecular weight excluding hydrogens is 324 g/mol. The van der Waals surface area contributed by atoms with Gasteiger partial charge >= 0.3 is 0 Å². The molecule has 1 aliphatic heterocycles. The quantitative estimate of drug-likeness (QED) is 0.900. The number of benzene rings is 1. The van der Waals surface area contributed by atoms with Gasteiger partial charge in [0, 0.05) is 12.6 Å². The highest BCUT2D eigenvalue weighted by Gasteiger charge is 2.31. The van der Waals surface area contributed by atoms with Crippen LogP contribution >= 0.6 is 0 Å². The van der Waals surface area contributed by atoms with Crippen LogP contribution in [-0.4, -0.2) is 46.3 Å². The van der Waals surface area contributed by atoms with Crippen molar-refractivity contribution in [3.63, 3.8) is 0 Å². The lowest BCUT2D eigenvalue weighted by Crippen LogP contribution is -2.39. The van der Waals surface area contributed by atoms with Gasteiger partial charge in [-0.25, -0.2) is 4.68 Å². The Morgan fingerprint density at radius 3 is 2.65 bits per heavy atom. The molecule has 5 nitrogen and oxygen atoms in total. The Kier molecular flexibility index (Phi) is 4.81. The molecule has 0 unspecified atom stereocenters. The Morgan fingerprint density at radius 2 is 1.96 bits per heavy atom. The van der Waals surface area contributed by atoms with Gasteiger partial charge < -0.3 is 10.2 Å². The van der Waals surface area contributed by atoms with E-state index in [1.807, 2.05) is 23.7 Å². The van der Waals surface area contributed by atoms with E-state index in [1.54, 1.807) is 6.20 Å². The molecule has 5 heteroatoms. The van der Waals surface area contributed by atoms with Gasteiger partial charge in [-0.15, -0.1) is 0 Å². The Bertz CT molecular complexity index is 785. The smallest absolute Gasteiger partial charge is 0.254 e. The van der Waals surface area contributed by atoms with Crippen LogP contribution in [0.3, 0.4) is 0 Å². The normalized spacial score (nSPS) is 18.8. The van der Waals surface area contributed by atoms with E-state index in [1.165, 1.54) is 44.3 Å². The number of aryl methyl sites for hydroxylation is 1. The zero-order valence-electron chi connectivity index (χ0n) is 15.7. The van der Waals surface area contributed by atoms with Crippen LogP contribution in [0.2, 0.25) is 0 Å². The number of carbonyl (C=O) groups excluding carboxylic acids is 1. The molecule has 4 rings (SSSR count). The van der Waals surface area contributed by atoms with Crippen molar-refractivity contribution in [3.05, 3.63) is 47.3 Å². The second-order valence-corrected chi connectivity index (χ2v) is 7.82. The summed E-state index contributed by atoms with van der Waals surface area (Å²) in [5.74, 6) is 0.590. The number of piperidine rings is 1. The number of hydrogen-bond acceptors (Lipinski definition) is 3. The van der Waals surface area contributed by atoms with Crippen molar-refractivity contribution in [1.29, 1.82) is 0 Å². The number of hydrogen-bond donors (Lipinski definition) is 1. The van der Waals surface area contributed by atoms with E-state index in [-0.39, 0.29) is 5.91 Å². The molecule has 1 amide bonds. The summed E-state index contributed by atoms with van der Waals surface area (Å²) >= 11 is 0. The summed E-state index contributed by atoms with van der Waals surface area (Å²) in [6.07, 6.45) is 6.83. The summed E-state index contributed by atoms with van der Waals surface area (Å²) in [6, 6.07) is 9.03. The summed E-state index contributed by atoms with van der Waals surface area (Å²) in [4.78, 5) is 15.2. The van der Waals surface area contributed by atoms with Crippen molar-refractivity contribution in [2.24, 2.45) is 5.92 Å². The number of likely N-dealkylation sites (tertiary alicyclic amines) is 1. The Morgan fingerprint density at radius 1 is 1.19 bits per heavy atom. The fourth-order valence-corrected chi connectivity index (χ4v) is 3.95. The number of amides is 1. The molecule has 0 spiro atoms. The largest absolute Gasteiger partial charge is 0.352 e. The molecule has 2 aromatic rings. The molecule has 2 heterocycles. The van der Waals surface area contributed by atoms with Crippen LogP contribution in [0.1, 0.15) is 47.3 Å². The first-order chi connectivity index (χ1) is 12.6. The van der Waals surface area contributed by atoms with Crippen molar-refractivity contribution in [3.8, 4) is 5.69 Å². The van der Waals surface area contributed by atoms with Gasteiger partial charge in [0.2, 0.25) is 0 Å². The molecule has 1 saturated heterocycles. The van der Waals surface area contributed by atoms with Crippen LogP contribution in [0.15, 0.2) is 30.5 Å². The maximum Gasteiger partial charge on any atom is 0.254 e. The summed E-state index contributed by atoms with van der Waals surface area (Å²) in [7, 11) is 0. The fourth-order valence-electron chi connectivity index (χ4n) is 3.95.